The summed E-state index contributed by atoms with van der Waals surface area (Å²) in [5.74, 6) is -0.228. The number of anilines is 1. The third-order valence-corrected chi connectivity index (χ3v) is 3.06. The summed E-state index contributed by atoms with van der Waals surface area (Å²) in [5.41, 5.74) is 5.84. The van der Waals surface area contributed by atoms with Gasteiger partial charge in [0.25, 0.3) is 5.91 Å². The maximum atomic E-state index is 11.8. The number of hydrogen-bond acceptors (Lipinski definition) is 8. The highest BCUT2D eigenvalue weighted by atomic mass is 32.1. The van der Waals surface area contributed by atoms with Crippen LogP contribution in [0, 0.1) is 11.3 Å². The molecule has 0 spiro atoms. The van der Waals surface area contributed by atoms with Crippen molar-refractivity contribution in [2.45, 2.75) is 0 Å². The van der Waals surface area contributed by atoms with Crippen LogP contribution in [0.5, 0.6) is 0 Å². The normalized spacial score (nSPS) is 16.1. The number of nitrogens with zero attached hydrogens (tertiary/aromatic N) is 6. The number of carbonyl (C=O) groups excluding carboxylic acids is 1. The monoisotopic (exact) mass is 271 g/mol. The molecule has 8 nitrogen and oxygen atoms in total. The average Bonchev–Trinajstić information content (AvgIpc) is 3.02. The number of hydrogen-bond donors (Lipinski definition) is 1. The smallest absolute Gasteiger partial charge is 0.290 e. The van der Waals surface area contributed by atoms with Crippen molar-refractivity contribution in [3.05, 3.63) is 30.0 Å². The minimum Gasteiger partial charge on any atom is -0.375 e. The van der Waals surface area contributed by atoms with Crippen LogP contribution in [-0.4, -0.2) is 31.4 Å². The lowest BCUT2D eigenvalue weighted by atomic mass is 10.1. The Labute approximate surface area is 110 Å². The van der Waals surface area contributed by atoms with Crippen LogP contribution in [0.1, 0.15) is 10.6 Å². The first-order valence-corrected chi connectivity index (χ1v) is 5.87. The van der Waals surface area contributed by atoms with Crippen molar-refractivity contribution in [1.82, 2.24) is 19.7 Å². The topological polar surface area (TPSA) is 123 Å². The standard InChI is InChI=1S/C10H5N7OS/c11-2-5-1-6(16-7-3-13-10(12)19-7)8-14-4-15-17(8)9(5)18/h1,3-4H,(H2,12,13). The molecule has 0 aromatic carbocycles. The zero-order chi connectivity index (χ0) is 13.4. The number of nitriles is 1. The van der Waals surface area contributed by atoms with Gasteiger partial charge in [-0.1, -0.05) is 11.3 Å². The second-order valence-corrected chi connectivity index (χ2v) is 4.54. The van der Waals surface area contributed by atoms with Crippen LogP contribution in [0.3, 0.4) is 0 Å². The molecule has 0 unspecified atom stereocenters. The lowest BCUT2D eigenvalue weighted by Crippen LogP contribution is -2.25. The molecule has 9 heteroatoms. The van der Waals surface area contributed by atoms with E-state index in [-0.39, 0.29) is 11.4 Å². The van der Waals surface area contributed by atoms with Crippen LogP contribution >= 0.6 is 11.3 Å². The minimum absolute atomic E-state index is 0.0470. The van der Waals surface area contributed by atoms with Gasteiger partial charge in [-0.3, -0.25) is 4.79 Å². The van der Waals surface area contributed by atoms with E-state index >= 15 is 0 Å². The lowest BCUT2D eigenvalue weighted by Gasteiger charge is -2.09. The van der Waals surface area contributed by atoms with E-state index in [1.807, 2.05) is 6.07 Å². The van der Waals surface area contributed by atoms with Crippen LogP contribution in [0.15, 0.2) is 29.2 Å². The van der Waals surface area contributed by atoms with Crippen molar-refractivity contribution >= 4 is 33.1 Å². The number of allylic oxidation sites excluding steroid dienone is 2. The summed E-state index contributed by atoms with van der Waals surface area (Å²) < 4.78 is 1.04. The first-order valence-electron chi connectivity index (χ1n) is 5.06. The van der Waals surface area contributed by atoms with E-state index in [0.29, 0.717) is 15.8 Å². The third kappa shape index (κ3) is 1.80. The third-order valence-electron chi connectivity index (χ3n) is 2.34. The fourth-order valence-electron chi connectivity index (χ4n) is 1.55. The number of rotatable bonds is 1. The van der Waals surface area contributed by atoms with Gasteiger partial charge in [0, 0.05) is 0 Å². The Morgan fingerprint density at radius 1 is 1.47 bits per heavy atom. The van der Waals surface area contributed by atoms with E-state index in [4.69, 9.17) is 11.0 Å². The van der Waals surface area contributed by atoms with Crippen LogP contribution in [0.4, 0.5) is 10.1 Å². The van der Waals surface area contributed by atoms with E-state index in [1.54, 1.807) is 0 Å². The molecule has 3 rings (SSSR count). The highest BCUT2D eigenvalue weighted by molar-refractivity contribution is 7.19. The van der Waals surface area contributed by atoms with Gasteiger partial charge >= 0.3 is 0 Å². The van der Waals surface area contributed by atoms with Crippen molar-refractivity contribution in [2.24, 2.45) is 4.99 Å². The molecular weight excluding hydrogens is 266 g/mol. The van der Waals surface area contributed by atoms with Gasteiger partial charge in [0.1, 0.15) is 28.7 Å². The van der Waals surface area contributed by atoms with E-state index in [0.717, 1.165) is 4.68 Å². The highest BCUT2D eigenvalue weighted by Crippen LogP contribution is 2.25. The molecule has 19 heavy (non-hydrogen) atoms. The van der Waals surface area contributed by atoms with Gasteiger partial charge in [0.05, 0.1) is 6.20 Å². The fourth-order valence-corrected chi connectivity index (χ4v) is 2.12. The lowest BCUT2D eigenvalue weighted by molar-refractivity contribution is 0.0943. The van der Waals surface area contributed by atoms with Crippen LogP contribution < -0.4 is 5.73 Å². The fraction of sp³-hybridized carbons (Fsp3) is 0. The average molecular weight is 271 g/mol. The summed E-state index contributed by atoms with van der Waals surface area (Å²) >= 11 is 1.19. The van der Waals surface area contributed by atoms with Crippen molar-refractivity contribution in [2.75, 3.05) is 5.73 Å². The number of nitrogens with two attached hydrogens (primary N) is 1. The Kier molecular flexibility index (Phi) is 2.43. The molecule has 0 saturated carbocycles. The molecule has 0 saturated heterocycles. The molecule has 0 amide bonds. The van der Waals surface area contributed by atoms with Gasteiger partial charge < -0.3 is 5.73 Å². The van der Waals surface area contributed by atoms with Gasteiger partial charge in [-0.25, -0.2) is 15.0 Å². The number of thiazole rings is 1. The number of carbonyl (C=O) groups is 1. The molecule has 2 aromatic rings. The van der Waals surface area contributed by atoms with Crippen LogP contribution in [-0.2, 0) is 0 Å². The predicted octanol–water partition coefficient (Wildman–Crippen LogP) is 0.541. The summed E-state index contributed by atoms with van der Waals surface area (Å²) in [7, 11) is 0. The zero-order valence-electron chi connectivity index (χ0n) is 9.31. The maximum Gasteiger partial charge on any atom is 0.290 e. The first-order chi connectivity index (χ1) is 9.19. The molecule has 2 N–H and O–H groups in total. The second kappa shape index (κ2) is 4.11. The summed E-state index contributed by atoms with van der Waals surface area (Å²) in [6, 6.07) is 1.81. The highest BCUT2D eigenvalue weighted by Gasteiger charge is 2.26. The van der Waals surface area contributed by atoms with Crippen LogP contribution in [0.2, 0.25) is 0 Å². The van der Waals surface area contributed by atoms with Crippen molar-refractivity contribution in [1.29, 1.82) is 5.26 Å². The molecular formula is C10H5N7OS. The van der Waals surface area contributed by atoms with Gasteiger partial charge in [-0.15, -0.1) is 0 Å². The molecule has 0 aliphatic carbocycles. The zero-order valence-corrected chi connectivity index (χ0v) is 10.1. The molecule has 3 heterocycles. The predicted molar refractivity (Wildman–Crippen MR) is 67.1 cm³/mol. The van der Waals surface area contributed by atoms with E-state index in [2.05, 4.69) is 20.1 Å². The number of aromatic nitrogens is 4. The summed E-state index contributed by atoms with van der Waals surface area (Å²) in [5, 5.41) is 13.7. The second-order valence-electron chi connectivity index (χ2n) is 3.50. The molecule has 0 bridgehead atoms. The summed E-state index contributed by atoms with van der Waals surface area (Å²) in [6.45, 7) is 0. The van der Waals surface area contributed by atoms with Crippen LogP contribution in [0.25, 0.3) is 0 Å². The van der Waals surface area contributed by atoms with Crippen molar-refractivity contribution in [3.8, 4) is 6.07 Å². The number of nitrogen functional groups attached to an aromatic ring is 1. The Morgan fingerprint density at radius 3 is 3.00 bits per heavy atom. The molecule has 1 aliphatic rings. The molecule has 0 fully saturated rings. The number of fused-ring (bicyclic) bond motifs is 1. The number of aliphatic imine (C=N–C) groups is 1. The van der Waals surface area contributed by atoms with E-state index in [1.165, 1.54) is 29.9 Å². The van der Waals surface area contributed by atoms with E-state index < -0.39 is 5.91 Å². The quantitative estimate of drug-likeness (QED) is 0.807. The molecule has 0 radical (unpaired) electrons. The minimum atomic E-state index is -0.516. The Balaban J connectivity index is 2.16. The molecule has 0 atom stereocenters. The van der Waals surface area contributed by atoms with Gasteiger partial charge in [-0.2, -0.15) is 15.0 Å². The van der Waals surface area contributed by atoms with E-state index in [9.17, 15) is 4.79 Å². The van der Waals surface area contributed by atoms with Gasteiger partial charge in [-0.05, 0) is 6.08 Å². The van der Waals surface area contributed by atoms with Gasteiger partial charge in [0.15, 0.2) is 11.0 Å². The van der Waals surface area contributed by atoms with Crippen molar-refractivity contribution < 1.29 is 4.79 Å². The van der Waals surface area contributed by atoms with Crippen molar-refractivity contribution in [3.63, 3.8) is 0 Å². The molecule has 2 aromatic heterocycles. The molecule has 1 aliphatic heterocycles. The summed E-state index contributed by atoms with van der Waals surface area (Å²) in [4.78, 5) is 23.9. The Bertz CT molecular complexity index is 776. The SMILES string of the molecule is N#CC1=CC(=Nc2cnc(N)s2)c2ncnn2C1=O. The Morgan fingerprint density at radius 2 is 2.32 bits per heavy atom. The van der Waals surface area contributed by atoms with Gasteiger partial charge in [0.2, 0.25) is 0 Å². The summed E-state index contributed by atoms with van der Waals surface area (Å²) in [6.07, 6.45) is 4.12. The molecule has 92 valence electrons. The Hall–Kier alpha value is -2.86. The first kappa shape index (κ1) is 11.2. The maximum absolute atomic E-state index is 11.8. The largest absolute Gasteiger partial charge is 0.375 e.